The van der Waals surface area contributed by atoms with Crippen LogP contribution in [0.5, 0.6) is 0 Å². The average Bonchev–Trinajstić information content (AvgIpc) is 2.97. The molecule has 21 heavy (non-hydrogen) atoms. The van der Waals surface area contributed by atoms with E-state index in [-0.39, 0.29) is 11.9 Å². The summed E-state index contributed by atoms with van der Waals surface area (Å²) in [4.78, 5) is 28.9. The number of carbonyl (C=O) groups excluding carboxylic acids is 1. The van der Waals surface area contributed by atoms with Crippen molar-refractivity contribution in [1.29, 1.82) is 0 Å². The number of aliphatic carboxylic acids is 1. The van der Waals surface area contributed by atoms with Crippen molar-refractivity contribution in [3.8, 4) is 0 Å². The molecule has 0 saturated carbocycles. The molecular formula is C16H18N2O3. The monoisotopic (exact) mass is 286 g/mol. The van der Waals surface area contributed by atoms with Crippen molar-refractivity contribution in [1.82, 2.24) is 9.88 Å². The summed E-state index contributed by atoms with van der Waals surface area (Å²) < 4.78 is 0. The van der Waals surface area contributed by atoms with Crippen LogP contribution in [0.15, 0.2) is 24.3 Å². The maximum absolute atomic E-state index is 12.8. The van der Waals surface area contributed by atoms with Gasteiger partial charge in [0.25, 0.3) is 5.91 Å². The number of aromatic amines is 1. The molecule has 1 aromatic carbocycles. The third kappa shape index (κ3) is 2.09. The Bertz CT molecular complexity index is 719. The number of benzene rings is 1. The average molecular weight is 286 g/mol. The van der Waals surface area contributed by atoms with Crippen LogP contribution in [0.25, 0.3) is 10.9 Å². The van der Waals surface area contributed by atoms with E-state index in [0.717, 1.165) is 16.6 Å². The number of carboxylic acids is 1. The Labute approximate surface area is 122 Å². The fourth-order valence-corrected chi connectivity index (χ4v) is 3.25. The lowest BCUT2D eigenvalue weighted by molar-refractivity contribution is -0.142. The fraction of sp³-hybridized carbons (Fsp3) is 0.375. The summed E-state index contributed by atoms with van der Waals surface area (Å²) >= 11 is 0. The number of H-pyrrole nitrogens is 1. The summed E-state index contributed by atoms with van der Waals surface area (Å²) in [6.45, 7) is 4.19. The van der Waals surface area contributed by atoms with Crippen LogP contribution in [0.3, 0.4) is 0 Å². The molecule has 2 heterocycles. The van der Waals surface area contributed by atoms with Crippen LogP contribution in [0.4, 0.5) is 0 Å². The zero-order chi connectivity index (χ0) is 15.1. The number of rotatable bonds is 2. The molecule has 110 valence electrons. The number of likely N-dealkylation sites (tertiary alicyclic amines) is 1. The lowest BCUT2D eigenvalue weighted by Gasteiger charge is -2.23. The van der Waals surface area contributed by atoms with Gasteiger partial charge in [-0.05, 0) is 26.3 Å². The smallest absolute Gasteiger partial charge is 0.308 e. The zero-order valence-corrected chi connectivity index (χ0v) is 12.1. The third-order valence-corrected chi connectivity index (χ3v) is 4.44. The van der Waals surface area contributed by atoms with E-state index in [1.807, 2.05) is 38.1 Å². The molecule has 5 heteroatoms. The van der Waals surface area contributed by atoms with Gasteiger partial charge in [-0.2, -0.15) is 0 Å². The summed E-state index contributed by atoms with van der Waals surface area (Å²) in [5.41, 5.74) is 2.41. The van der Waals surface area contributed by atoms with Crippen molar-refractivity contribution in [2.75, 3.05) is 6.54 Å². The highest BCUT2D eigenvalue weighted by Crippen LogP contribution is 2.29. The van der Waals surface area contributed by atoms with E-state index in [2.05, 4.69) is 4.98 Å². The van der Waals surface area contributed by atoms with E-state index >= 15 is 0 Å². The molecule has 2 N–H and O–H groups in total. The molecule has 1 aromatic heterocycles. The third-order valence-electron chi connectivity index (χ3n) is 4.44. The van der Waals surface area contributed by atoms with Gasteiger partial charge in [-0.3, -0.25) is 9.59 Å². The quantitative estimate of drug-likeness (QED) is 0.890. The second-order valence-corrected chi connectivity index (χ2v) is 5.64. The van der Waals surface area contributed by atoms with Crippen molar-refractivity contribution >= 4 is 22.8 Å². The maximum atomic E-state index is 12.8. The first kappa shape index (κ1) is 13.7. The number of hydrogen-bond donors (Lipinski definition) is 2. The zero-order valence-electron chi connectivity index (χ0n) is 12.1. The highest BCUT2D eigenvalue weighted by molar-refractivity contribution is 6.08. The van der Waals surface area contributed by atoms with Gasteiger partial charge in [0, 0.05) is 29.2 Å². The van der Waals surface area contributed by atoms with Crippen LogP contribution in [-0.2, 0) is 4.79 Å². The Morgan fingerprint density at radius 3 is 2.71 bits per heavy atom. The molecule has 1 saturated heterocycles. The first-order valence-electron chi connectivity index (χ1n) is 7.11. The molecule has 1 fully saturated rings. The van der Waals surface area contributed by atoms with Gasteiger partial charge in [0.2, 0.25) is 0 Å². The molecule has 1 aliphatic rings. The molecule has 5 nitrogen and oxygen atoms in total. The summed E-state index contributed by atoms with van der Waals surface area (Å²) in [7, 11) is 0. The number of carbonyl (C=O) groups is 2. The van der Waals surface area contributed by atoms with Gasteiger partial charge in [0.05, 0.1) is 11.5 Å². The first-order chi connectivity index (χ1) is 10.0. The highest BCUT2D eigenvalue weighted by atomic mass is 16.4. The van der Waals surface area contributed by atoms with Crippen LogP contribution < -0.4 is 0 Å². The van der Waals surface area contributed by atoms with Crippen molar-refractivity contribution in [3.63, 3.8) is 0 Å². The van der Waals surface area contributed by atoms with Crippen molar-refractivity contribution in [2.24, 2.45) is 5.92 Å². The second-order valence-electron chi connectivity index (χ2n) is 5.64. The van der Waals surface area contributed by atoms with Crippen molar-refractivity contribution < 1.29 is 14.7 Å². The maximum Gasteiger partial charge on any atom is 0.308 e. The molecule has 0 spiro atoms. The van der Waals surface area contributed by atoms with Crippen LogP contribution in [0, 0.1) is 12.8 Å². The molecule has 2 atom stereocenters. The number of nitrogens with one attached hydrogen (secondary N) is 1. The number of para-hydroxylation sites is 1. The summed E-state index contributed by atoms with van der Waals surface area (Å²) in [5.74, 6) is -1.38. The van der Waals surface area contributed by atoms with E-state index in [9.17, 15) is 14.7 Å². The van der Waals surface area contributed by atoms with Crippen molar-refractivity contribution in [3.05, 3.63) is 35.5 Å². The van der Waals surface area contributed by atoms with Gasteiger partial charge in [-0.15, -0.1) is 0 Å². The minimum absolute atomic E-state index is 0.0822. The lowest BCUT2D eigenvalue weighted by Crippen LogP contribution is -2.37. The van der Waals surface area contributed by atoms with Gasteiger partial charge in [-0.25, -0.2) is 0 Å². The number of carboxylic acid groups (broad SMARTS) is 1. The molecule has 2 aromatic rings. The number of aromatic nitrogens is 1. The van der Waals surface area contributed by atoms with E-state index in [0.29, 0.717) is 18.5 Å². The Morgan fingerprint density at radius 2 is 2.05 bits per heavy atom. The standard InChI is InChI=1S/C16H18N2O3/c1-9-14(12-5-3-4-6-13(12)17-9)15(19)18-8-7-11(10(18)2)16(20)21/h3-6,10-11,17H,7-8H2,1-2H3,(H,20,21). The van der Waals surface area contributed by atoms with E-state index in [1.54, 1.807) is 4.90 Å². The van der Waals surface area contributed by atoms with Gasteiger partial charge >= 0.3 is 5.97 Å². The normalized spacial score (nSPS) is 21.9. The minimum atomic E-state index is -0.826. The molecule has 3 rings (SSSR count). The summed E-state index contributed by atoms with van der Waals surface area (Å²) in [6.07, 6.45) is 0.518. The van der Waals surface area contributed by atoms with Crippen molar-refractivity contribution in [2.45, 2.75) is 26.3 Å². The number of hydrogen-bond acceptors (Lipinski definition) is 2. The Kier molecular flexibility index (Phi) is 3.20. The van der Waals surface area contributed by atoms with Crippen LogP contribution in [0.1, 0.15) is 29.4 Å². The first-order valence-corrected chi connectivity index (χ1v) is 7.11. The number of nitrogens with zero attached hydrogens (tertiary/aromatic N) is 1. The van der Waals surface area contributed by atoms with Crippen LogP contribution in [-0.4, -0.2) is 39.5 Å². The summed E-state index contributed by atoms with van der Waals surface area (Å²) in [5, 5.41) is 10.1. The largest absolute Gasteiger partial charge is 0.481 e. The molecular weight excluding hydrogens is 268 g/mol. The van der Waals surface area contributed by atoms with Gasteiger partial charge in [0.1, 0.15) is 0 Å². The molecule has 1 aliphatic heterocycles. The molecule has 2 unspecified atom stereocenters. The lowest BCUT2D eigenvalue weighted by atomic mass is 10.0. The van der Waals surface area contributed by atoms with Crippen LogP contribution >= 0.6 is 0 Å². The fourth-order valence-electron chi connectivity index (χ4n) is 3.25. The topological polar surface area (TPSA) is 73.4 Å². The minimum Gasteiger partial charge on any atom is -0.481 e. The van der Waals surface area contributed by atoms with E-state index < -0.39 is 11.9 Å². The van der Waals surface area contributed by atoms with Crippen LogP contribution in [0.2, 0.25) is 0 Å². The Hall–Kier alpha value is -2.30. The van der Waals surface area contributed by atoms with E-state index in [4.69, 9.17) is 0 Å². The number of fused-ring (bicyclic) bond motifs is 1. The van der Waals surface area contributed by atoms with Gasteiger partial charge in [0.15, 0.2) is 0 Å². The molecule has 0 bridgehead atoms. The van der Waals surface area contributed by atoms with Gasteiger partial charge in [-0.1, -0.05) is 18.2 Å². The molecule has 0 aliphatic carbocycles. The van der Waals surface area contributed by atoms with E-state index in [1.165, 1.54) is 0 Å². The second kappa shape index (κ2) is 4.91. The highest BCUT2D eigenvalue weighted by Gasteiger charge is 2.39. The predicted molar refractivity (Wildman–Crippen MR) is 79.3 cm³/mol. The number of amides is 1. The Morgan fingerprint density at radius 1 is 1.33 bits per heavy atom. The predicted octanol–water partition coefficient (Wildman–Crippen LogP) is 2.41. The molecule has 0 radical (unpaired) electrons. The summed E-state index contributed by atoms with van der Waals surface area (Å²) in [6, 6.07) is 7.41. The SMILES string of the molecule is Cc1[nH]c2ccccc2c1C(=O)N1CCC(C(=O)O)C1C. The number of aryl methyl sites for hydroxylation is 1. The molecule has 1 amide bonds. The van der Waals surface area contributed by atoms with Gasteiger partial charge < -0.3 is 15.0 Å². The Balaban J connectivity index is 1.98.